The number of amides is 1. The van der Waals surface area contributed by atoms with Gasteiger partial charge in [0.2, 0.25) is 0 Å². The van der Waals surface area contributed by atoms with E-state index in [0.29, 0.717) is 23.2 Å². The number of rotatable bonds is 3. The zero-order valence-corrected chi connectivity index (χ0v) is 13.0. The van der Waals surface area contributed by atoms with Gasteiger partial charge in [-0.25, -0.2) is 9.48 Å². The lowest BCUT2D eigenvalue weighted by Crippen LogP contribution is -2.39. The second-order valence-electron chi connectivity index (χ2n) is 6.31. The minimum absolute atomic E-state index is 0.00390. The van der Waals surface area contributed by atoms with Crippen LogP contribution in [0.3, 0.4) is 0 Å². The van der Waals surface area contributed by atoms with Crippen LogP contribution in [0.4, 0.5) is 13.6 Å². The molecule has 1 aromatic rings. The molecule has 1 aliphatic rings. The highest BCUT2D eigenvalue weighted by atomic mass is 19.3. The number of nitrogens with one attached hydrogen (secondary N) is 1. The molecule has 1 aromatic heterocycles. The molecule has 1 heterocycles. The third kappa shape index (κ3) is 4.54. The van der Waals surface area contributed by atoms with Crippen LogP contribution in [0.25, 0.3) is 5.57 Å². The summed E-state index contributed by atoms with van der Waals surface area (Å²) in [6.45, 7) is 2.81. The molecule has 0 radical (unpaired) electrons. The Morgan fingerprint density at radius 1 is 1.50 bits per heavy atom. The van der Waals surface area contributed by atoms with E-state index in [1.54, 1.807) is 6.07 Å². The summed E-state index contributed by atoms with van der Waals surface area (Å²) >= 11 is 0. The SMILES string of the molecule is CC(C)(C)OC(=O)NC1CC=C(c2ccn(C(F)F)n2)CC1. The third-order valence-electron chi connectivity index (χ3n) is 3.27. The number of ether oxygens (including phenoxy) is 1. The van der Waals surface area contributed by atoms with Gasteiger partial charge in [0.1, 0.15) is 5.60 Å². The van der Waals surface area contributed by atoms with Crippen molar-refractivity contribution in [1.29, 1.82) is 0 Å². The van der Waals surface area contributed by atoms with E-state index in [1.807, 2.05) is 26.8 Å². The highest BCUT2D eigenvalue weighted by Crippen LogP contribution is 2.26. The van der Waals surface area contributed by atoms with Crippen molar-refractivity contribution >= 4 is 11.7 Å². The lowest BCUT2D eigenvalue weighted by molar-refractivity contribution is 0.0500. The fraction of sp³-hybridized carbons (Fsp3) is 0.600. The van der Waals surface area contributed by atoms with Gasteiger partial charge in [-0.2, -0.15) is 13.9 Å². The first kappa shape index (κ1) is 16.5. The first-order chi connectivity index (χ1) is 10.2. The Hall–Kier alpha value is -1.92. The summed E-state index contributed by atoms with van der Waals surface area (Å²) in [5.41, 5.74) is 0.972. The molecule has 0 saturated carbocycles. The number of alkyl halides is 2. The lowest BCUT2D eigenvalue weighted by Gasteiger charge is -2.25. The van der Waals surface area contributed by atoms with Gasteiger partial charge in [0.05, 0.1) is 5.69 Å². The van der Waals surface area contributed by atoms with Crippen LogP contribution in [-0.4, -0.2) is 27.5 Å². The van der Waals surface area contributed by atoms with E-state index in [1.165, 1.54) is 6.20 Å². The molecule has 2 rings (SSSR count). The van der Waals surface area contributed by atoms with Gasteiger partial charge in [0.25, 0.3) is 0 Å². The van der Waals surface area contributed by atoms with Crippen molar-refractivity contribution in [2.45, 2.75) is 58.2 Å². The molecule has 1 N–H and O–H groups in total. The van der Waals surface area contributed by atoms with Gasteiger partial charge >= 0.3 is 12.6 Å². The molecule has 0 spiro atoms. The second kappa shape index (κ2) is 6.46. The zero-order chi connectivity index (χ0) is 16.3. The molecule has 1 amide bonds. The maximum Gasteiger partial charge on any atom is 0.407 e. The zero-order valence-electron chi connectivity index (χ0n) is 13.0. The van der Waals surface area contributed by atoms with Gasteiger partial charge in [-0.15, -0.1) is 0 Å². The predicted octanol–water partition coefficient (Wildman–Crippen LogP) is 3.74. The first-order valence-corrected chi connectivity index (χ1v) is 7.27. The van der Waals surface area contributed by atoms with Crippen molar-refractivity contribution < 1.29 is 18.3 Å². The molecule has 0 aromatic carbocycles. The quantitative estimate of drug-likeness (QED) is 0.925. The minimum atomic E-state index is -2.63. The Balaban J connectivity index is 1.90. The average molecular weight is 313 g/mol. The number of halogens is 2. The van der Waals surface area contributed by atoms with E-state index < -0.39 is 18.2 Å². The number of hydrogen-bond acceptors (Lipinski definition) is 3. The molecular formula is C15H21F2N3O2. The van der Waals surface area contributed by atoms with E-state index in [2.05, 4.69) is 10.4 Å². The topological polar surface area (TPSA) is 56.1 Å². The van der Waals surface area contributed by atoms with Crippen molar-refractivity contribution in [2.24, 2.45) is 0 Å². The number of hydrogen-bond donors (Lipinski definition) is 1. The largest absolute Gasteiger partial charge is 0.444 e. The van der Waals surface area contributed by atoms with E-state index in [0.717, 1.165) is 12.0 Å². The highest BCUT2D eigenvalue weighted by molar-refractivity contribution is 5.69. The van der Waals surface area contributed by atoms with Gasteiger partial charge in [0, 0.05) is 12.2 Å². The Morgan fingerprint density at radius 3 is 2.73 bits per heavy atom. The molecule has 0 bridgehead atoms. The Kier molecular flexibility index (Phi) is 4.83. The monoisotopic (exact) mass is 313 g/mol. The maximum absolute atomic E-state index is 12.5. The molecule has 1 atom stereocenters. The van der Waals surface area contributed by atoms with Crippen molar-refractivity contribution in [3.8, 4) is 0 Å². The van der Waals surface area contributed by atoms with Crippen LogP contribution >= 0.6 is 0 Å². The second-order valence-corrected chi connectivity index (χ2v) is 6.31. The minimum Gasteiger partial charge on any atom is -0.444 e. The summed E-state index contributed by atoms with van der Waals surface area (Å²) < 4.78 is 30.9. The van der Waals surface area contributed by atoms with Crippen LogP contribution in [0.15, 0.2) is 18.3 Å². The molecule has 1 unspecified atom stereocenters. The molecule has 0 saturated heterocycles. The molecular weight excluding hydrogens is 292 g/mol. The van der Waals surface area contributed by atoms with Gasteiger partial charge in [-0.1, -0.05) is 6.08 Å². The van der Waals surface area contributed by atoms with Crippen LogP contribution in [-0.2, 0) is 4.74 Å². The molecule has 122 valence electrons. The summed E-state index contributed by atoms with van der Waals surface area (Å²) in [5.74, 6) is 0. The third-order valence-corrected chi connectivity index (χ3v) is 3.27. The number of alkyl carbamates (subject to hydrolysis) is 1. The lowest BCUT2D eigenvalue weighted by atomic mass is 9.93. The van der Waals surface area contributed by atoms with Crippen molar-refractivity contribution in [2.75, 3.05) is 0 Å². The molecule has 1 aliphatic carbocycles. The molecule has 5 nitrogen and oxygen atoms in total. The summed E-state index contributed by atoms with van der Waals surface area (Å²) in [4.78, 5) is 11.7. The van der Waals surface area contributed by atoms with Crippen LogP contribution in [0.5, 0.6) is 0 Å². The number of aromatic nitrogens is 2. The fourth-order valence-electron chi connectivity index (χ4n) is 2.29. The van der Waals surface area contributed by atoms with E-state index >= 15 is 0 Å². The predicted molar refractivity (Wildman–Crippen MR) is 78.5 cm³/mol. The van der Waals surface area contributed by atoms with Gasteiger partial charge < -0.3 is 10.1 Å². The summed E-state index contributed by atoms with van der Waals surface area (Å²) in [7, 11) is 0. The number of carbonyl (C=O) groups excluding carboxylic acids is 1. The van der Waals surface area contributed by atoms with Crippen LogP contribution in [0, 0.1) is 0 Å². The van der Waals surface area contributed by atoms with Crippen LogP contribution in [0.1, 0.15) is 52.3 Å². The summed E-state index contributed by atoms with van der Waals surface area (Å²) in [5, 5.41) is 6.67. The van der Waals surface area contributed by atoms with Gasteiger partial charge in [-0.05, 0) is 51.7 Å². The first-order valence-electron chi connectivity index (χ1n) is 7.27. The summed E-state index contributed by atoms with van der Waals surface area (Å²) in [6.07, 6.45) is 4.82. The van der Waals surface area contributed by atoms with Crippen molar-refractivity contribution in [3.63, 3.8) is 0 Å². The standard InChI is InChI=1S/C15H21F2N3O2/c1-15(2,3)22-14(21)18-11-6-4-10(5-7-11)12-8-9-20(19-12)13(16)17/h4,8-9,11,13H,5-7H2,1-3H3,(H,18,21). The number of nitrogens with zero attached hydrogens (tertiary/aromatic N) is 2. The van der Waals surface area contributed by atoms with Gasteiger partial charge in [0.15, 0.2) is 0 Å². The molecule has 7 heteroatoms. The molecule has 0 aliphatic heterocycles. The Bertz CT molecular complexity index is 561. The number of carbonyl (C=O) groups is 1. The Morgan fingerprint density at radius 2 is 2.23 bits per heavy atom. The average Bonchev–Trinajstić information content (AvgIpc) is 2.87. The maximum atomic E-state index is 12.5. The molecule has 0 fully saturated rings. The van der Waals surface area contributed by atoms with E-state index in [9.17, 15) is 13.6 Å². The smallest absolute Gasteiger partial charge is 0.407 e. The normalized spacial score (nSPS) is 19.0. The van der Waals surface area contributed by atoms with E-state index in [4.69, 9.17) is 4.74 Å². The van der Waals surface area contributed by atoms with Crippen LogP contribution < -0.4 is 5.32 Å². The highest BCUT2D eigenvalue weighted by Gasteiger charge is 2.22. The van der Waals surface area contributed by atoms with Crippen LogP contribution in [0.2, 0.25) is 0 Å². The Labute approximate surface area is 128 Å². The summed E-state index contributed by atoms with van der Waals surface area (Å²) in [6, 6.07) is 1.58. The van der Waals surface area contributed by atoms with Gasteiger partial charge in [-0.3, -0.25) is 0 Å². The number of allylic oxidation sites excluding steroid dienone is 1. The fourth-order valence-corrected chi connectivity index (χ4v) is 2.29. The van der Waals surface area contributed by atoms with Crippen molar-refractivity contribution in [1.82, 2.24) is 15.1 Å². The van der Waals surface area contributed by atoms with E-state index in [-0.39, 0.29) is 6.04 Å². The van der Waals surface area contributed by atoms with Crippen molar-refractivity contribution in [3.05, 3.63) is 24.0 Å². The molecule has 22 heavy (non-hydrogen) atoms.